The van der Waals surface area contributed by atoms with Crippen LogP contribution in [0.15, 0.2) is 29.3 Å². The summed E-state index contributed by atoms with van der Waals surface area (Å²) in [6, 6.07) is 2.61. The first-order valence-electron chi connectivity index (χ1n) is 8.98. The fourth-order valence-corrected chi connectivity index (χ4v) is 4.02. The molecule has 168 valence electrons. The van der Waals surface area contributed by atoms with E-state index in [1.807, 2.05) is 0 Å². The van der Waals surface area contributed by atoms with Crippen molar-refractivity contribution in [2.45, 2.75) is 24.5 Å². The van der Waals surface area contributed by atoms with Crippen LogP contribution in [0.25, 0.3) is 0 Å². The highest BCUT2D eigenvalue weighted by atomic mass is 32.2. The number of fused-ring (bicyclic) bond motifs is 1. The van der Waals surface area contributed by atoms with Gasteiger partial charge in [0, 0.05) is 32.8 Å². The Morgan fingerprint density at radius 2 is 2.03 bits per heavy atom. The van der Waals surface area contributed by atoms with E-state index >= 15 is 0 Å². The highest BCUT2D eigenvalue weighted by molar-refractivity contribution is 7.91. The predicted molar refractivity (Wildman–Crippen MR) is 107 cm³/mol. The monoisotopic (exact) mass is 459 g/mol. The third-order valence-corrected chi connectivity index (χ3v) is 6.49. The molecular weight excluding hydrogens is 439 g/mol. The number of amides is 3. The van der Waals surface area contributed by atoms with Gasteiger partial charge in [-0.2, -0.15) is 13.2 Å². The summed E-state index contributed by atoms with van der Waals surface area (Å²) in [7, 11) is -1.07. The van der Waals surface area contributed by atoms with Gasteiger partial charge in [0.1, 0.15) is 16.4 Å². The number of alkyl halides is 3. The van der Waals surface area contributed by atoms with Gasteiger partial charge in [-0.05, 0) is 18.2 Å². The molecule has 1 N–H and O–H groups in total. The summed E-state index contributed by atoms with van der Waals surface area (Å²) < 4.78 is 64.2. The Morgan fingerprint density at radius 3 is 2.61 bits per heavy atom. The summed E-state index contributed by atoms with van der Waals surface area (Å²) in [5, 5.41) is 2.38. The molecule has 2 aromatic heterocycles. The van der Waals surface area contributed by atoms with Crippen molar-refractivity contribution >= 4 is 33.4 Å². The Labute approximate surface area is 177 Å². The second-order valence-corrected chi connectivity index (χ2v) is 8.87. The molecule has 0 radical (unpaired) electrons. The van der Waals surface area contributed by atoms with Crippen molar-refractivity contribution in [3.05, 3.63) is 41.2 Å². The van der Waals surface area contributed by atoms with E-state index in [4.69, 9.17) is 0 Å². The number of sulfone groups is 1. The standard InChI is InChI=1S/C18H18F3N5O4S.H2/c1-4-31(29,30)12-5-6-14(25(3)17(28)22-2)24-15(12)26-9-10-8-23-13(18(19,20)21)7-11(10)16(26)27;/h5-8H,4,9H2,1-3H3,(H,22,28);1H. The first-order valence-corrected chi connectivity index (χ1v) is 10.6. The molecule has 0 fully saturated rings. The van der Waals surface area contributed by atoms with Gasteiger partial charge in [0.05, 0.1) is 12.3 Å². The van der Waals surface area contributed by atoms with Crippen LogP contribution in [0.4, 0.5) is 29.6 Å². The van der Waals surface area contributed by atoms with Gasteiger partial charge in [-0.15, -0.1) is 0 Å². The molecule has 0 saturated heterocycles. The molecule has 13 heteroatoms. The van der Waals surface area contributed by atoms with Crippen LogP contribution in [0, 0.1) is 0 Å². The number of carbonyl (C=O) groups is 2. The molecule has 0 aliphatic carbocycles. The number of halogens is 3. The summed E-state index contributed by atoms with van der Waals surface area (Å²) >= 11 is 0. The topological polar surface area (TPSA) is 113 Å². The quantitative estimate of drug-likeness (QED) is 0.752. The molecule has 0 unspecified atom stereocenters. The normalized spacial score (nSPS) is 13.9. The lowest BCUT2D eigenvalue weighted by atomic mass is 10.1. The minimum atomic E-state index is -4.74. The minimum absolute atomic E-state index is 0. The van der Waals surface area contributed by atoms with Gasteiger partial charge < -0.3 is 5.32 Å². The number of aromatic nitrogens is 2. The molecule has 0 spiro atoms. The smallest absolute Gasteiger partial charge is 0.341 e. The van der Waals surface area contributed by atoms with Crippen LogP contribution in [0.2, 0.25) is 0 Å². The highest BCUT2D eigenvalue weighted by Crippen LogP contribution is 2.35. The predicted octanol–water partition coefficient (Wildman–Crippen LogP) is 2.47. The third kappa shape index (κ3) is 4.04. The van der Waals surface area contributed by atoms with Crippen LogP contribution < -0.4 is 15.1 Å². The van der Waals surface area contributed by atoms with E-state index in [1.54, 1.807) is 0 Å². The molecule has 31 heavy (non-hydrogen) atoms. The average Bonchev–Trinajstić information content (AvgIpc) is 3.07. The van der Waals surface area contributed by atoms with Crippen molar-refractivity contribution in [1.29, 1.82) is 0 Å². The number of hydrogen-bond donors (Lipinski definition) is 1. The number of nitrogens with zero attached hydrogens (tertiary/aromatic N) is 4. The zero-order valence-corrected chi connectivity index (χ0v) is 17.5. The summed E-state index contributed by atoms with van der Waals surface area (Å²) in [4.78, 5) is 34.2. The summed E-state index contributed by atoms with van der Waals surface area (Å²) in [5.41, 5.74) is -1.28. The average molecular weight is 459 g/mol. The van der Waals surface area contributed by atoms with Gasteiger partial charge in [-0.1, -0.05) is 6.92 Å². The summed E-state index contributed by atoms with van der Waals surface area (Å²) in [5.74, 6) is -1.36. The van der Waals surface area contributed by atoms with Crippen molar-refractivity contribution < 1.29 is 32.6 Å². The lowest BCUT2D eigenvalue weighted by molar-refractivity contribution is -0.141. The maximum atomic E-state index is 13.0. The van der Waals surface area contributed by atoms with Gasteiger partial charge in [0.15, 0.2) is 15.7 Å². The van der Waals surface area contributed by atoms with Gasteiger partial charge >= 0.3 is 12.2 Å². The van der Waals surface area contributed by atoms with Crippen LogP contribution in [0.5, 0.6) is 0 Å². The van der Waals surface area contributed by atoms with Crippen molar-refractivity contribution in [2.24, 2.45) is 0 Å². The Hall–Kier alpha value is -3.22. The highest BCUT2D eigenvalue weighted by Gasteiger charge is 2.38. The molecule has 0 saturated carbocycles. The summed E-state index contributed by atoms with van der Waals surface area (Å²) in [6.45, 7) is 1.19. The molecule has 1 aliphatic heterocycles. The first-order chi connectivity index (χ1) is 14.4. The largest absolute Gasteiger partial charge is 0.433 e. The maximum absolute atomic E-state index is 13.0. The van der Waals surface area contributed by atoms with Crippen LogP contribution >= 0.6 is 0 Å². The summed E-state index contributed by atoms with van der Waals surface area (Å²) in [6.07, 6.45) is -3.81. The maximum Gasteiger partial charge on any atom is 0.433 e. The van der Waals surface area contributed by atoms with Gasteiger partial charge in [0.25, 0.3) is 5.91 Å². The Morgan fingerprint density at radius 1 is 1.35 bits per heavy atom. The van der Waals surface area contributed by atoms with Crippen molar-refractivity contribution in [3.63, 3.8) is 0 Å². The fourth-order valence-electron chi connectivity index (χ4n) is 3.00. The Balaban J connectivity index is 0.00000363. The number of hydrogen-bond acceptors (Lipinski definition) is 6. The molecule has 0 bridgehead atoms. The van der Waals surface area contributed by atoms with Crippen molar-refractivity contribution in [3.8, 4) is 0 Å². The number of anilines is 2. The lowest BCUT2D eigenvalue weighted by Crippen LogP contribution is -2.36. The van der Waals surface area contributed by atoms with Crippen LogP contribution in [0.3, 0.4) is 0 Å². The van der Waals surface area contributed by atoms with Gasteiger partial charge in [0.2, 0.25) is 0 Å². The molecular formula is C18H20F3N5O4S. The van der Waals surface area contributed by atoms with E-state index in [0.29, 0.717) is 6.07 Å². The number of rotatable bonds is 4. The van der Waals surface area contributed by atoms with Crippen LogP contribution in [-0.4, -0.2) is 50.2 Å². The third-order valence-electron chi connectivity index (χ3n) is 4.74. The number of pyridine rings is 2. The number of urea groups is 1. The minimum Gasteiger partial charge on any atom is -0.341 e. The molecule has 0 atom stereocenters. The van der Waals surface area contributed by atoms with E-state index in [-0.39, 0.29) is 41.4 Å². The Bertz CT molecular complexity index is 1170. The first kappa shape index (κ1) is 22.5. The van der Waals surface area contributed by atoms with E-state index < -0.39 is 33.6 Å². The van der Waals surface area contributed by atoms with Crippen molar-refractivity contribution in [2.75, 3.05) is 29.6 Å². The van der Waals surface area contributed by atoms with E-state index in [9.17, 15) is 31.2 Å². The van der Waals surface area contributed by atoms with Gasteiger partial charge in [-0.25, -0.2) is 18.2 Å². The number of nitrogens with one attached hydrogen (secondary N) is 1. The molecule has 2 aromatic rings. The van der Waals surface area contributed by atoms with Crippen LogP contribution in [0.1, 0.15) is 30.0 Å². The van der Waals surface area contributed by atoms with Crippen molar-refractivity contribution in [1.82, 2.24) is 15.3 Å². The van der Waals surface area contributed by atoms with E-state index in [2.05, 4.69) is 15.3 Å². The molecule has 3 amide bonds. The second-order valence-electron chi connectivity index (χ2n) is 6.62. The molecule has 1 aliphatic rings. The molecule has 3 heterocycles. The van der Waals surface area contributed by atoms with E-state index in [1.165, 1.54) is 33.2 Å². The lowest BCUT2D eigenvalue weighted by Gasteiger charge is -2.22. The molecule has 9 nitrogen and oxygen atoms in total. The second kappa shape index (κ2) is 7.80. The van der Waals surface area contributed by atoms with Crippen LogP contribution in [-0.2, 0) is 22.6 Å². The van der Waals surface area contributed by atoms with Gasteiger partial charge in [-0.3, -0.25) is 19.6 Å². The molecule has 0 aromatic carbocycles. The SMILES string of the molecule is CCS(=O)(=O)c1ccc(N(C)C(=O)NC)nc1N1Cc2cnc(C(F)(F)F)cc2C1=O.[HH]. The zero-order chi connectivity index (χ0) is 23.1. The fraction of sp³-hybridized carbons (Fsp3) is 0.333. The zero-order valence-electron chi connectivity index (χ0n) is 16.7. The Kier molecular flexibility index (Phi) is 5.65. The molecule has 3 rings (SSSR count). The van der Waals surface area contributed by atoms with E-state index in [0.717, 1.165) is 16.0 Å². The number of carbonyl (C=O) groups excluding carboxylic acids is 2.